The van der Waals surface area contributed by atoms with Gasteiger partial charge in [0.15, 0.2) is 0 Å². The summed E-state index contributed by atoms with van der Waals surface area (Å²) in [5.41, 5.74) is 0.178. The third-order valence-corrected chi connectivity index (χ3v) is 4.46. The first-order valence-electron chi connectivity index (χ1n) is 7.77. The molecule has 2 heterocycles. The van der Waals surface area contributed by atoms with E-state index in [0.29, 0.717) is 17.3 Å². The normalized spacial score (nSPS) is 22.6. The summed E-state index contributed by atoms with van der Waals surface area (Å²) < 4.78 is 39.6. The van der Waals surface area contributed by atoms with E-state index >= 15 is 0 Å². The zero-order chi connectivity index (χ0) is 16.6. The van der Waals surface area contributed by atoms with E-state index in [1.165, 1.54) is 6.20 Å². The van der Waals surface area contributed by atoms with Crippen molar-refractivity contribution in [2.24, 2.45) is 5.92 Å². The fourth-order valence-corrected chi connectivity index (χ4v) is 3.42. The van der Waals surface area contributed by atoms with Crippen molar-refractivity contribution in [1.29, 1.82) is 0 Å². The first-order chi connectivity index (χ1) is 10.9. The summed E-state index contributed by atoms with van der Waals surface area (Å²) in [6, 6.07) is 6.48. The Kier molecular flexibility index (Phi) is 4.19. The summed E-state index contributed by atoms with van der Waals surface area (Å²) in [4.78, 5) is 6.17. The molecule has 0 bridgehead atoms. The molecule has 23 heavy (non-hydrogen) atoms. The fraction of sp³-hybridized carbons (Fsp3) is 0.471. The van der Waals surface area contributed by atoms with Gasteiger partial charge < -0.3 is 10.2 Å². The molecule has 0 spiro atoms. The number of benzene rings is 1. The zero-order valence-electron chi connectivity index (χ0n) is 13.2. The number of hydrogen-bond donors (Lipinski definition) is 1. The number of piperidine rings is 1. The first kappa shape index (κ1) is 16.1. The molecule has 0 saturated carbocycles. The zero-order valence-corrected chi connectivity index (χ0v) is 13.2. The molecule has 1 aromatic carbocycles. The van der Waals surface area contributed by atoms with E-state index in [4.69, 9.17) is 0 Å². The van der Waals surface area contributed by atoms with Gasteiger partial charge in [0.25, 0.3) is 0 Å². The molecular formula is C17H20F3N3. The average Bonchev–Trinajstić information content (AvgIpc) is 2.52. The molecule has 2 atom stereocenters. The molecule has 3 rings (SSSR count). The van der Waals surface area contributed by atoms with Crippen LogP contribution in [0.2, 0.25) is 0 Å². The van der Waals surface area contributed by atoms with Gasteiger partial charge in [-0.25, -0.2) is 0 Å². The van der Waals surface area contributed by atoms with E-state index in [-0.39, 0.29) is 5.52 Å². The Morgan fingerprint density at radius 2 is 2.00 bits per heavy atom. The number of aromatic nitrogens is 1. The number of nitrogens with one attached hydrogen (secondary N) is 1. The maximum Gasteiger partial charge on any atom is 0.418 e. The molecule has 0 amide bonds. The highest BCUT2D eigenvalue weighted by molar-refractivity contribution is 5.94. The molecule has 124 valence electrons. The maximum atomic E-state index is 13.2. The Labute approximate surface area is 133 Å². The molecule has 2 aromatic rings. The van der Waals surface area contributed by atoms with Crippen molar-refractivity contribution in [3.05, 3.63) is 36.0 Å². The largest absolute Gasteiger partial charge is 0.418 e. The van der Waals surface area contributed by atoms with Gasteiger partial charge in [0.05, 0.1) is 11.1 Å². The highest BCUT2D eigenvalue weighted by atomic mass is 19.4. The van der Waals surface area contributed by atoms with Crippen molar-refractivity contribution in [3.8, 4) is 0 Å². The second-order valence-electron chi connectivity index (χ2n) is 6.26. The van der Waals surface area contributed by atoms with Crippen LogP contribution in [0.5, 0.6) is 0 Å². The number of pyridine rings is 1. The molecule has 1 aliphatic rings. The van der Waals surface area contributed by atoms with Crippen LogP contribution >= 0.6 is 0 Å². The topological polar surface area (TPSA) is 28.2 Å². The molecule has 1 fully saturated rings. The van der Waals surface area contributed by atoms with Gasteiger partial charge in [0, 0.05) is 36.4 Å². The van der Waals surface area contributed by atoms with Gasteiger partial charge in [-0.3, -0.25) is 4.98 Å². The molecule has 2 unspecified atom stereocenters. The number of fused-ring (bicyclic) bond motifs is 1. The van der Waals surface area contributed by atoms with Crippen molar-refractivity contribution < 1.29 is 13.2 Å². The Morgan fingerprint density at radius 3 is 2.70 bits per heavy atom. The van der Waals surface area contributed by atoms with Crippen LogP contribution in [0.15, 0.2) is 30.5 Å². The summed E-state index contributed by atoms with van der Waals surface area (Å²) in [6.07, 6.45) is -1.91. The van der Waals surface area contributed by atoms with Crippen LogP contribution < -0.4 is 10.2 Å². The van der Waals surface area contributed by atoms with Crippen molar-refractivity contribution >= 4 is 16.6 Å². The number of nitrogens with zero attached hydrogens (tertiary/aromatic N) is 2. The minimum Gasteiger partial charge on any atom is -0.369 e. The van der Waals surface area contributed by atoms with Gasteiger partial charge in [-0.05, 0) is 43.7 Å². The summed E-state index contributed by atoms with van der Waals surface area (Å²) in [5, 5.41) is 3.84. The van der Waals surface area contributed by atoms with Crippen molar-refractivity contribution in [3.63, 3.8) is 0 Å². The number of halogens is 3. The van der Waals surface area contributed by atoms with Crippen LogP contribution in [0.3, 0.4) is 0 Å². The smallest absolute Gasteiger partial charge is 0.369 e. The van der Waals surface area contributed by atoms with Gasteiger partial charge in [-0.15, -0.1) is 0 Å². The molecule has 6 heteroatoms. The van der Waals surface area contributed by atoms with Crippen molar-refractivity contribution in [2.75, 3.05) is 25.0 Å². The summed E-state index contributed by atoms with van der Waals surface area (Å²) in [5.74, 6) is 0.482. The molecule has 1 saturated heterocycles. The summed E-state index contributed by atoms with van der Waals surface area (Å²) in [6.45, 7) is 3.80. The van der Waals surface area contributed by atoms with E-state index in [2.05, 4.69) is 22.1 Å². The van der Waals surface area contributed by atoms with E-state index < -0.39 is 11.7 Å². The van der Waals surface area contributed by atoms with Crippen LogP contribution in [0.1, 0.15) is 18.9 Å². The minimum atomic E-state index is -4.40. The second kappa shape index (κ2) is 6.00. The van der Waals surface area contributed by atoms with Crippen molar-refractivity contribution in [1.82, 2.24) is 10.3 Å². The van der Waals surface area contributed by atoms with Crippen LogP contribution in [0.25, 0.3) is 10.9 Å². The molecule has 1 aromatic heterocycles. The molecule has 0 radical (unpaired) electrons. The van der Waals surface area contributed by atoms with Gasteiger partial charge in [-0.2, -0.15) is 13.2 Å². The quantitative estimate of drug-likeness (QED) is 0.914. The first-order valence-corrected chi connectivity index (χ1v) is 7.77. The number of anilines is 1. The van der Waals surface area contributed by atoms with Crippen molar-refractivity contribution in [2.45, 2.75) is 25.6 Å². The standard InChI is InChI=1S/C17H20F3N3/c1-11-8-12(21-2)10-23(9-11)15-6-5-14(17(18,19)20)16-13(15)4-3-7-22-16/h3-7,11-12,21H,8-10H2,1-2H3. The second-order valence-corrected chi connectivity index (χ2v) is 6.26. The number of alkyl halides is 3. The van der Waals surface area contributed by atoms with Gasteiger partial charge in [0.1, 0.15) is 0 Å². The Hall–Kier alpha value is -1.82. The Bertz CT molecular complexity index is 699. The van der Waals surface area contributed by atoms with Crippen LogP contribution in [0.4, 0.5) is 18.9 Å². The number of rotatable bonds is 2. The SMILES string of the molecule is CNC1CC(C)CN(c2ccc(C(F)(F)F)c3ncccc23)C1. The average molecular weight is 323 g/mol. The van der Waals surface area contributed by atoms with Gasteiger partial charge >= 0.3 is 6.18 Å². The van der Waals surface area contributed by atoms with Crippen LogP contribution in [-0.4, -0.2) is 31.2 Å². The van der Waals surface area contributed by atoms with Gasteiger partial charge in [0.2, 0.25) is 0 Å². The highest BCUT2D eigenvalue weighted by Crippen LogP contribution is 2.38. The molecule has 3 nitrogen and oxygen atoms in total. The number of hydrogen-bond acceptors (Lipinski definition) is 3. The fourth-order valence-electron chi connectivity index (χ4n) is 3.42. The van der Waals surface area contributed by atoms with Gasteiger partial charge in [-0.1, -0.05) is 6.92 Å². The predicted octanol–water partition coefficient (Wildman–Crippen LogP) is 3.69. The van der Waals surface area contributed by atoms with E-state index in [9.17, 15) is 13.2 Å². The summed E-state index contributed by atoms with van der Waals surface area (Å²) in [7, 11) is 1.92. The molecule has 1 N–H and O–H groups in total. The Morgan fingerprint density at radius 1 is 1.22 bits per heavy atom. The third-order valence-electron chi connectivity index (χ3n) is 4.46. The van der Waals surface area contributed by atoms with E-state index in [1.807, 2.05) is 7.05 Å². The lowest BCUT2D eigenvalue weighted by atomic mass is 9.94. The third kappa shape index (κ3) is 3.13. The summed E-state index contributed by atoms with van der Waals surface area (Å²) >= 11 is 0. The number of likely N-dealkylation sites (N-methyl/N-ethyl adjacent to an activating group) is 1. The molecule has 0 aliphatic carbocycles. The van der Waals surface area contributed by atoms with E-state index in [1.54, 1.807) is 18.2 Å². The van der Waals surface area contributed by atoms with Crippen LogP contribution in [-0.2, 0) is 6.18 Å². The lowest BCUT2D eigenvalue weighted by Gasteiger charge is -2.38. The lowest BCUT2D eigenvalue weighted by Crippen LogP contribution is -2.47. The highest BCUT2D eigenvalue weighted by Gasteiger charge is 2.34. The maximum absolute atomic E-state index is 13.2. The molecule has 1 aliphatic heterocycles. The van der Waals surface area contributed by atoms with E-state index in [0.717, 1.165) is 31.3 Å². The lowest BCUT2D eigenvalue weighted by molar-refractivity contribution is -0.136. The molecular weight excluding hydrogens is 303 g/mol. The minimum absolute atomic E-state index is 0.0248. The van der Waals surface area contributed by atoms with Crippen LogP contribution in [0, 0.1) is 5.92 Å². The monoisotopic (exact) mass is 323 g/mol. The Balaban J connectivity index is 2.09. The predicted molar refractivity (Wildman–Crippen MR) is 85.6 cm³/mol.